The summed E-state index contributed by atoms with van der Waals surface area (Å²) in [6.07, 6.45) is 16.8. The van der Waals surface area contributed by atoms with Crippen molar-refractivity contribution in [1.29, 1.82) is 0 Å². The first-order valence-electron chi connectivity index (χ1n) is 9.06. The van der Waals surface area contributed by atoms with Gasteiger partial charge in [-0.1, -0.05) is 77.6 Å². The Labute approximate surface area is 150 Å². The Morgan fingerprint density at radius 3 is 1.55 bits per heavy atom. The fourth-order valence-corrected chi connectivity index (χ4v) is 2.63. The van der Waals surface area contributed by atoms with E-state index in [1.54, 1.807) is 0 Å². The Bertz CT molecular complexity index is 240. The number of aliphatic hydroxyl groups is 1. The van der Waals surface area contributed by atoms with E-state index in [4.69, 9.17) is 5.11 Å². The largest absolute Gasteiger partial charge is 1.00 e. The van der Waals surface area contributed by atoms with Crippen LogP contribution in [0, 0.1) is 0 Å². The first kappa shape index (κ1) is 24.3. The molecular formula is C18H37LiO3. The van der Waals surface area contributed by atoms with Gasteiger partial charge in [0.1, 0.15) is 0 Å². The molecule has 0 aliphatic heterocycles. The van der Waals surface area contributed by atoms with Crippen LogP contribution in [-0.4, -0.2) is 22.3 Å². The van der Waals surface area contributed by atoms with Gasteiger partial charge in [0, 0.05) is 6.42 Å². The standard InChI is InChI=1S/C18H36O3.Li.H/c1-2-17(19)15-13-11-9-7-5-3-4-6-8-10-12-14-16-18(20)21;;/h17,19H,2-16H2,1H3,(H,20,21);;/q;+1;-1. The van der Waals surface area contributed by atoms with E-state index in [2.05, 4.69) is 0 Å². The molecule has 0 aliphatic carbocycles. The van der Waals surface area contributed by atoms with Crippen LogP contribution in [0.2, 0.25) is 0 Å². The van der Waals surface area contributed by atoms with Gasteiger partial charge < -0.3 is 11.6 Å². The normalized spacial score (nSPS) is 11.9. The molecule has 128 valence electrons. The molecular weight excluding hydrogens is 271 g/mol. The van der Waals surface area contributed by atoms with Crippen LogP contribution in [0.25, 0.3) is 0 Å². The number of hydrogen-bond acceptors (Lipinski definition) is 2. The molecule has 0 bridgehead atoms. The Morgan fingerprint density at radius 1 is 0.818 bits per heavy atom. The van der Waals surface area contributed by atoms with Crippen molar-refractivity contribution in [2.45, 2.75) is 109 Å². The molecule has 3 nitrogen and oxygen atoms in total. The second kappa shape index (κ2) is 19.1. The fourth-order valence-electron chi connectivity index (χ4n) is 2.63. The van der Waals surface area contributed by atoms with Crippen LogP contribution in [0.4, 0.5) is 0 Å². The van der Waals surface area contributed by atoms with E-state index in [-0.39, 0.29) is 26.4 Å². The van der Waals surface area contributed by atoms with Crippen LogP contribution in [0.5, 0.6) is 0 Å². The maximum atomic E-state index is 10.3. The first-order valence-corrected chi connectivity index (χ1v) is 9.06. The Morgan fingerprint density at radius 2 is 1.18 bits per heavy atom. The molecule has 0 fully saturated rings. The minimum atomic E-state index is -0.667. The second-order valence-electron chi connectivity index (χ2n) is 6.24. The summed E-state index contributed by atoms with van der Waals surface area (Å²) in [5.74, 6) is -0.667. The van der Waals surface area contributed by atoms with E-state index in [1.165, 1.54) is 64.2 Å². The molecule has 0 aliphatic rings. The molecule has 0 amide bonds. The maximum absolute atomic E-state index is 10.3. The molecule has 0 aromatic rings. The first-order chi connectivity index (χ1) is 10.2. The van der Waals surface area contributed by atoms with Crippen molar-refractivity contribution in [2.24, 2.45) is 0 Å². The van der Waals surface area contributed by atoms with E-state index in [0.29, 0.717) is 6.42 Å². The fraction of sp³-hybridized carbons (Fsp3) is 0.944. The van der Waals surface area contributed by atoms with Crippen LogP contribution in [0.3, 0.4) is 0 Å². The van der Waals surface area contributed by atoms with Crippen molar-refractivity contribution in [3.63, 3.8) is 0 Å². The van der Waals surface area contributed by atoms with Gasteiger partial charge in [0.25, 0.3) is 0 Å². The molecule has 0 aromatic carbocycles. The van der Waals surface area contributed by atoms with Gasteiger partial charge in [0.05, 0.1) is 6.10 Å². The van der Waals surface area contributed by atoms with Gasteiger partial charge in [-0.25, -0.2) is 0 Å². The zero-order valence-electron chi connectivity index (χ0n) is 16.0. The Hall–Kier alpha value is 0.0274. The average molecular weight is 308 g/mol. The summed E-state index contributed by atoms with van der Waals surface area (Å²) in [6.45, 7) is 2.04. The van der Waals surface area contributed by atoms with Crippen LogP contribution in [-0.2, 0) is 4.79 Å². The van der Waals surface area contributed by atoms with Crippen LogP contribution in [0.15, 0.2) is 0 Å². The van der Waals surface area contributed by atoms with Gasteiger partial charge in [0.2, 0.25) is 0 Å². The third kappa shape index (κ3) is 20.0. The van der Waals surface area contributed by atoms with Crippen molar-refractivity contribution >= 4 is 5.97 Å². The molecule has 22 heavy (non-hydrogen) atoms. The van der Waals surface area contributed by atoms with Gasteiger partial charge in [-0.2, -0.15) is 0 Å². The number of rotatable bonds is 16. The summed E-state index contributed by atoms with van der Waals surface area (Å²) < 4.78 is 0. The minimum absolute atomic E-state index is 0. The van der Waals surface area contributed by atoms with Gasteiger partial charge in [-0.15, -0.1) is 0 Å². The van der Waals surface area contributed by atoms with E-state index in [0.717, 1.165) is 25.7 Å². The summed E-state index contributed by atoms with van der Waals surface area (Å²) in [5, 5.41) is 18.0. The molecule has 2 N–H and O–H groups in total. The smallest absolute Gasteiger partial charge is 1.00 e. The number of carbonyl (C=O) groups is 1. The molecule has 0 spiro atoms. The molecule has 0 saturated heterocycles. The molecule has 4 heteroatoms. The summed E-state index contributed by atoms with van der Waals surface area (Å²) in [5.41, 5.74) is 0. The van der Waals surface area contributed by atoms with Crippen molar-refractivity contribution in [3.05, 3.63) is 0 Å². The molecule has 0 saturated carbocycles. The summed E-state index contributed by atoms with van der Waals surface area (Å²) in [6, 6.07) is 0. The molecule has 0 heterocycles. The van der Waals surface area contributed by atoms with Crippen molar-refractivity contribution < 1.29 is 35.3 Å². The summed E-state index contributed by atoms with van der Waals surface area (Å²) in [4.78, 5) is 10.3. The van der Waals surface area contributed by atoms with E-state index in [1.807, 2.05) is 6.92 Å². The van der Waals surface area contributed by atoms with E-state index >= 15 is 0 Å². The predicted molar refractivity (Wildman–Crippen MR) is 89.7 cm³/mol. The van der Waals surface area contributed by atoms with Gasteiger partial charge in [-0.05, 0) is 19.3 Å². The average Bonchev–Trinajstić information content (AvgIpc) is 2.46. The summed E-state index contributed by atoms with van der Waals surface area (Å²) >= 11 is 0. The predicted octanol–water partition coefficient (Wildman–Crippen LogP) is 2.42. The number of carboxylic acids is 1. The Kier molecular flexibility index (Phi) is 21.1. The number of aliphatic hydroxyl groups excluding tert-OH is 1. The molecule has 1 atom stereocenters. The number of aliphatic carboxylic acids is 1. The molecule has 0 aromatic heterocycles. The third-order valence-electron chi connectivity index (χ3n) is 4.15. The maximum Gasteiger partial charge on any atom is 1.00 e. The van der Waals surface area contributed by atoms with Crippen molar-refractivity contribution in [2.75, 3.05) is 0 Å². The Balaban J connectivity index is -0.00000200. The topological polar surface area (TPSA) is 57.5 Å². The number of hydrogen-bond donors (Lipinski definition) is 2. The van der Waals surface area contributed by atoms with Gasteiger partial charge >= 0.3 is 24.8 Å². The SMILES string of the molecule is CCC(O)CCCCCCCCCCCCCCC(=O)O.[H-].[Li+]. The molecule has 0 rings (SSSR count). The number of carboxylic acid groups (broad SMARTS) is 1. The van der Waals surface area contributed by atoms with Crippen molar-refractivity contribution in [3.8, 4) is 0 Å². The monoisotopic (exact) mass is 308 g/mol. The van der Waals surface area contributed by atoms with E-state index < -0.39 is 5.97 Å². The molecule has 0 radical (unpaired) electrons. The number of unbranched alkanes of at least 4 members (excludes halogenated alkanes) is 11. The van der Waals surface area contributed by atoms with Gasteiger partial charge in [-0.3, -0.25) is 4.79 Å². The summed E-state index contributed by atoms with van der Waals surface area (Å²) in [7, 11) is 0. The third-order valence-corrected chi connectivity index (χ3v) is 4.15. The minimum Gasteiger partial charge on any atom is -1.00 e. The van der Waals surface area contributed by atoms with Crippen LogP contribution < -0.4 is 18.9 Å². The zero-order chi connectivity index (χ0) is 15.8. The van der Waals surface area contributed by atoms with Crippen LogP contribution >= 0.6 is 0 Å². The van der Waals surface area contributed by atoms with Gasteiger partial charge in [0.15, 0.2) is 0 Å². The second-order valence-corrected chi connectivity index (χ2v) is 6.24. The van der Waals surface area contributed by atoms with Crippen molar-refractivity contribution in [1.82, 2.24) is 0 Å². The molecule has 1 unspecified atom stereocenters. The quantitative estimate of drug-likeness (QED) is 0.340. The van der Waals surface area contributed by atoms with Crippen LogP contribution in [0.1, 0.15) is 105 Å². The zero-order valence-corrected chi connectivity index (χ0v) is 15.0. The van der Waals surface area contributed by atoms with E-state index in [9.17, 15) is 9.90 Å².